The fraction of sp³-hybridized carbons (Fsp3) is 0.348. The average molecular weight is 481 g/mol. The number of hydrogen-bond acceptors (Lipinski definition) is 4. The lowest BCUT2D eigenvalue weighted by Crippen LogP contribution is -2.35. The smallest absolute Gasteiger partial charge is 0.416 e. The minimum Gasteiger partial charge on any atom is -0.487 e. The lowest BCUT2D eigenvalue weighted by Gasteiger charge is -2.34. The maximum Gasteiger partial charge on any atom is 0.416 e. The quantitative estimate of drug-likeness (QED) is 0.637. The van der Waals surface area contributed by atoms with Gasteiger partial charge in [0.25, 0.3) is 0 Å². The van der Waals surface area contributed by atoms with Gasteiger partial charge in [-0.1, -0.05) is 12.1 Å². The van der Waals surface area contributed by atoms with E-state index in [4.69, 9.17) is 4.74 Å². The SMILES string of the molecule is CN1c2cccc(NC(=O)C=C3CC(C)(C)Oc4cc(C(F)(F)F)ccc43)c2CCS1(=O)=O. The van der Waals surface area contributed by atoms with Crippen LogP contribution in [0.15, 0.2) is 42.5 Å². The number of halogens is 3. The molecule has 0 saturated carbocycles. The number of nitrogens with one attached hydrogen (secondary N) is 1. The van der Waals surface area contributed by atoms with Crippen molar-refractivity contribution in [1.82, 2.24) is 0 Å². The minimum atomic E-state index is -4.51. The zero-order valence-electron chi connectivity index (χ0n) is 18.3. The molecule has 0 unspecified atom stereocenters. The highest BCUT2D eigenvalue weighted by Crippen LogP contribution is 2.43. The lowest BCUT2D eigenvalue weighted by atomic mass is 9.88. The highest BCUT2D eigenvalue weighted by atomic mass is 32.2. The number of benzene rings is 2. The van der Waals surface area contributed by atoms with Crippen LogP contribution < -0.4 is 14.4 Å². The Morgan fingerprint density at radius 1 is 1.21 bits per heavy atom. The number of carbonyl (C=O) groups excluding carboxylic acids is 1. The van der Waals surface area contributed by atoms with Gasteiger partial charge in [-0.3, -0.25) is 9.10 Å². The number of alkyl halides is 3. The van der Waals surface area contributed by atoms with Crippen molar-refractivity contribution < 1.29 is 31.1 Å². The second kappa shape index (κ2) is 7.79. The topological polar surface area (TPSA) is 75.7 Å². The molecule has 2 aliphatic rings. The van der Waals surface area contributed by atoms with Crippen molar-refractivity contribution in [2.45, 2.75) is 38.5 Å². The summed E-state index contributed by atoms with van der Waals surface area (Å²) in [5.74, 6) is -0.452. The molecule has 2 heterocycles. The van der Waals surface area contributed by atoms with Crippen LogP contribution in [0.1, 0.15) is 37.0 Å². The molecule has 6 nitrogen and oxygen atoms in total. The molecule has 0 aromatic heterocycles. The third-order valence-electron chi connectivity index (χ3n) is 5.74. The summed E-state index contributed by atoms with van der Waals surface area (Å²) in [7, 11) is -1.92. The predicted molar refractivity (Wildman–Crippen MR) is 120 cm³/mol. The second-order valence-corrected chi connectivity index (χ2v) is 10.9. The van der Waals surface area contributed by atoms with Crippen molar-refractivity contribution in [2.75, 3.05) is 22.4 Å². The van der Waals surface area contributed by atoms with Crippen molar-refractivity contribution in [3.63, 3.8) is 0 Å². The van der Waals surface area contributed by atoms with E-state index in [1.54, 1.807) is 32.0 Å². The molecule has 33 heavy (non-hydrogen) atoms. The van der Waals surface area contributed by atoms with E-state index in [2.05, 4.69) is 5.32 Å². The van der Waals surface area contributed by atoms with Crippen LogP contribution in [0.3, 0.4) is 0 Å². The molecule has 10 heteroatoms. The molecular weight excluding hydrogens is 457 g/mol. The van der Waals surface area contributed by atoms with E-state index in [1.807, 2.05) is 0 Å². The van der Waals surface area contributed by atoms with Crippen LogP contribution in [0, 0.1) is 0 Å². The third kappa shape index (κ3) is 4.57. The van der Waals surface area contributed by atoms with Gasteiger partial charge in [0.05, 0.1) is 17.0 Å². The molecule has 0 fully saturated rings. The first-order valence-corrected chi connectivity index (χ1v) is 11.9. The summed E-state index contributed by atoms with van der Waals surface area (Å²) < 4.78 is 70.7. The number of fused-ring (bicyclic) bond motifs is 2. The average Bonchev–Trinajstić information content (AvgIpc) is 2.69. The Morgan fingerprint density at radius 2 is 1.94 bits per heavy atom. The van der Waals surface area contributed by atoms with Crippen LogP contribution >= 0.6 is 0 Å². The van der Waals surface area contributed by atoms with Gasteiger partial charge in [-0.05, 0) is 50.1 Å². The Bertz CT molecular complexity index is 1270. The van der Waals surface area contributed by atoms with Gasteiger partial charge in [-0.2, -0.15) is 13.2 Å². The van der Waals surface area contributed by atoms with E-state index in [0.29, 0.717) is 34.5 Å². The summed E-state index contributed by atoms with van der Waals surface area (Å²) >= 11 is 0. The highest BCUT2D eigenvalue weighted by Gasteiger charge is 2.35. The van der Waals surface area contributed by atoms with Crippen LogP contribution in [-0.2, 0) is 27.4 Å². The van der Waals surface area contributed by atoms with Gasteiger partial charge < -0.3 is 10.1 Å². The van der Waals surface area contributed by atoms with Crippen molar-refractivity contribution in [2.24, 2.45) is 0 Å². The molecule has 2 aliphatic heterocycles. The Labute approximate surface area is 190 Å². The van der Waals surface area contributed by atoms with Gasteiger partial charge in [-0.15, -0.1) is 0 Å². The Morgan fingerprint density at radius 3 is 2.64 bits per heavy atom. The first kappa shape index (κ1) is 23.2. The van der Waals surface area contributed by atoms with Crippen LogP contribution in [-0.4, -0.2) is 32.7 Å². The van der Waals surface area contributed by atoms with Gasteiger partial charge in [0.2, 0.25) is 15.9 Å². The molecule has 1 N–H and O–H groups in total. The maximum absolute atomic E-state index is 13.1. The van der Waals surface area contributed by atoms with Crippen molar-refractivity contribution in [3.8, 4) is 5.75 Å². The Kier molecular flexibility index (Phi) is 5.47. The van der Waals surface area contributed by atoms with E-state index in [9.17, 15) is 26.4 Å². The molecule has 176 valence electrons. The number of nitrogens with zero attached hydrogens (tertiary/aromatic N) is 1. The first-order chi connectivity index (χ1) is 15.3. The summed E-state index contributed by atoms with van der Waals surface area (Å²) in [5.41, 5.74) is 1.07. The first-order valence-electron chi connectivity index (χ1n) is 10.3. The van der Waals surface area contributed by atoms with Crippen LogP contribution in [0.4, 0.5) is 24.5 Å². The zero-order valence-corrected chi connectivity index (χ0v) is 19.1. The molecule has 0 spiro atoms. The molecule has 1 amide bonds. The minimum absolute atomic E-state index is 0.0646. The highest BCUT2D eigenvalue weighted by molar-refractivity contribution is 7.92. The van der Waals surface area contributed by atoms with Gasteiger partial charge >= 0.3 is 6.18 Å². The molecule has 0 saturated heterocycles. The summed E-state index contributed by atoms with van der Waals surface area (Å²) in [6, 6.07) is 8.26. The van der Waals surface area contributed by atoms with Gasteiger partial charge in [0.15, 0.2) is 0 Å². The summed E-state index contributed by atoms with van der Waals surface area (Å²) in [6.45, 7) is 3.48. The standard InChI is InChI=1S/C23H23F3N2O4S/c1-22(2)13-14(16-8-7-15(23(24,25)26)12-20(16)32-22)11-21(29)27-18-5-4-6-19-17(18)9-10-33(30,31)28(19)3/h4-8,11-12H,9-10,13H2,1-3H3,(H,27,29). The summed E-state index contributed by atoms with van der Waals surface area (Å²) in [4.78, 5) is 12.9. The van der Waals surface area contributed by atoms with E-state index in [-0.39, 0.29) is 17.9 Å². The van der Waals surface area contributed by atoms with Crippen molar-refractivity contribution in [3.05, 3.63) is 59.2 Å². The molecule has 0 radical (unpaired) electrons. The van der Waals surface area contributed by atoms with E-state index in [1.165, 1.54) is 23.5 Å². The number of carbonyl (C=O) groups is 1. The number of amides is 1. The summed E-state index contributed by atoms with van der Waals surface area (Å²) in [6.07, 6.45) is -2.56. The Hall–Kier alpha value is -3.01. The molecule has 4 rings (SSSR count). The van der Waals surface area contributed by atoms with Gasteiger partial charge in [0, 0.05) is 36.4 Å². The maximum atomic E-state index is 13.1. The Balaban J connectivity index is 1.66. The van der Waals surface area contributed by atoms with Gasteiger partial charge in [0.1, 0.15) is 11.4 Å². The number of anilines is 2. The van der Waals surface area contributed by atoms with Crippen LogP contribution in [0.25, 0.3) is 5.57 Å². The van der Waals surface area contributed by atoms with E-state index >= 15 is 0 Å². The third-order valence-corrected chi connectivity index (χ3v) is 7.49. The van der Waals surface area contributed by atoms with Crippen molar-refractivity contribution in [1.29, 1.82) is 0 Å². The molecule has 2 aromatic carbocycles. The predicted octanol–water partition coefficient (Wildman–Crippen LogP) is 4.61. The number of sulfonamides is 1. The monoisotopic (exact) mass is 480 g/mol. The molecule has 2 aromatic rings. The normalized spacial score (nSPS) is 19.9. The fourth-order valence-corrected chi connectivity index (χ4v) is 5.37. The largest absolute Gasteiger partial charge is 0.487 e. The molecule has 0 atom stereocenters. The number of hydrogen-bond donors (Lipinski definition) is 1. The number of ether oxygens (including phenoxy) is 1. The molecule has 0 aliphatic carbocycles. The van der Waals surface area contributed by atoms with E-state index < -0.39 is 33.3 Å². The van der Waals surface area contributed by atoms with Crippen LogP contribution in [0.5, 0.6) is 5.75 Å². The fourth-order valence-electron chi connectivity index (χ4n) is 4.16. The molecule has 0 bridgehead atoms. The van der Waals surface area contributed by atoms with E-state index in [0.717, 1.165) is 12.1 Å². The lowest BCUT2D eigenvalue weighted by molar-refractivity contribution is -0.137. The van der Waals surface area contributed by atoms with Crippen LogP contribution in [0.2, 0.25) is 0 Å². The molecular formula is C23H23F3N2O4S. The number of rotatable bonds is 2. The second-order valence-electron chi connectivity index (χ2n) is 8.74. The summed E-state index contributed by atoms with van der Waals surface area (Å²) in [5, 5.41) is 2.80. The van der Waals surface area contributed by atoms with Crippen molar-refractivity contribution >= 4 is 32.9 Å². The van der Waals surface area contributed by atoms with Gasteiger partial charge in [-0.25, -0.2) is 8.42 Å². The zero-order chi connectivity index (χ0) is 24.2.